The van der Waals surface area contributed by atoms with Crippen LogP contribution >= 0.6 is 0 Å². The summed E-state index contributed by atoms with van der Waals surface area (Å²) in [5, 5.41) is 15.0. The number of urea groups is 1. The van der Waals surface area contributed by atoms with Gasteiger partial charge >= 0.3 is 12.0 Å². The van der Waals surface area contributed by atoms with Gasteiger partial charge in [0.15, 0.2) is 0 Å². The Kier molecular flexibility index (Phi) is 7.71. The van der Waals surface area contributed by atoms with Crippen LogP contribution in [0.2, 0.25) is 0 Å². The van der Waals surface area contributed by atoms with Crippen molar-refractivity contribution in [3.8, 4) is 0 Å². The van der Waals surface area contributed by atoms with E-state index < -0.39 is 30.5 Å². The second kappa shape index (κ2) is 8.73. The summed E-state index contributed by atoms with van der Waals surface area (Å²) in [5.41, 5.74) is 0. The molecule has 9 nitrogen and oxygen atoms in total. The van der Waals surface area contributed by atoms with Gasteiger partial charge in [-0.15, -0.1) is 0 Å². The molecule has 0 aromatic rings. The van der Waals surface area contributed by atoms with Gasteiger partial charge in [0, 0.05) is 13.6 Å². The van der Waals surface area contributed by atoms with E-state index in [2.05, 4.69) is 16.0 Å². The first kappa shape index (κ1) is 17.7. The Morgan fingerprint density at radius 2 is 1.75 bits per heavy atom. The van der Waals surface area contributed by atoms with Crippen LogP contribution in [0, 0.1) is 0 Å². The predicted molar refractivity (Wildman–Crippen MR) is 70.0 cm³/mol. The summed E-state index contributed by atoms with van der Waals surface area (Å²) in [5.74, 6) is -2.06. The van der Waals surface area contributed by atoms with Gasteiger partial charge in [-0.1, -0.05) is 0 Å². The number of carbonyl (C=O) groups is 4. The summed E-state index contributed by atoms with van der Waals surface area (Å²) >= 11 is 0. The summed E-state index contributed by atoms with van der Waals surface area (Å²) in [6.07, 6.45) is 0. The first-order chi connectivity index (χ1) is 9.27. The quantitative estimate of drug-likeness (QED) is 0.446. The van der Waals surface area contributed by atoms with Gasteiger partial charge in [-0.2, -0.15) is 0 Å². The van der Waals surface area contributed by atoms with Crippen molar-refractivity contribution in [1.82, 2.24) is 20.9 Å². The van der Waals surface area contributed by atoms with Crippen molar-refractivity contribution in [2.24, 2.45) is 0 Å². The Labute approximate surface area is 116 Å². The standard InChI is InChI=1S/C11H20N4O5/c1-4-15(3)10(19)7(2)14-11(20)13-5-8(16)12-6-9(17)18/h7H,4-6H2,1-3H3,(H,12,16)(H,17,18)(H2,13,14,20). The van der Waals surface area contributed by atoms with E-state index in [9.17, 15) is 19.2 Å². The van der Waals surface area contributed by atoms with Gasteiger partial charge in [0.1, 0.15) is 12.6 Å². The molecule has 0 aliphatic rings. The second-order valence-electron chi connectivity index (χ2n) is 4.07. The fourth-order valence-corrected chi connectivity index (χ4v) is 1.19. The molecular weight excluding hydrogens is 268 g/mol. The van der Waals surface area contributed by atoms with E-state index in [1.54, 1.807) is 14.0 Å². The third-order valence-electron chi connectivity index (χ3n) is 2.41. The maximum atomic E-state index is 11.7. The van der Waals surface area contributed by atoms with E-state index in [1.807, 2.05) is 0 Å². The molecule has 0 aromatic heterocycles. The lowest BCUT2D eigenvalue weighted by Crippen LogP contribution is -2.50. The minimum atomic E-state index is -1.18. The summed E-state index contributed by atoms with van der Waals surface area (Å²) in [6.45, 7) is 2.96. The molecule has 0 fully saturated rings. The van der Waals surface area contributed by atoms with Gasteiger partial charge in [-0.3, -0.25) is 14.4 Å². The van der Waals surface area contributed by atoms with Gasteiger partial charge in [0.05, 0.1) is 6.54 Å². The van der Waals surface area contributed by atoms with E-state index in [1.165, 1.54) is 11.8 Å². The molecule has 114 valence electrons. The van der Waals surface area contributed by atoms with Crippen LogP contribution in [0.25, 0.3) is 0 Å². The Morgan fingerprint density at radius 3 is 2.25 bits per heavy atom. The fourth-order valence-electron chi connectivity index (χ4n) is 1.19. The van der Waals surface area contributed by atoms with Crippen LogP contribution in [-0.4, -0.2) is 66.5 Å². The van der Waals surface area contributed by atoms with Crippen LogP contribution in [0.1, 0.15) is 13.8 Å². The van der Waals surface area contributed by atoms with Crippen molar-refractivity contribution >= 4 is 23.8 Å². The van der Waals surface area contributed by atoms with Gasteiger partial charge in [0.2, 0.25) is 11.8 Å². The van der Waals surface area contributed by atoms with Crippen LogP contribution in [0.15, 0.2) is 0 Å². The molecule has 0 spiro atoms. The third-order valence-corrected chi connectivity index (χ3v) is 2.41. The molecule has 0 radical (unpaired) electrons. The van der Waals surface area contributed by atoms with E-state index >= 15 is 0 Å². The lowest BCUT2D eigenvalue weighted by Gasteiger charge is -2.20. The van der Waals surface area contributed by atoms with Gasteiger partial charge in [-0.25, -0.2) is 4.79 Å². The molecule has 0 bridgehead atoms. The molecule has 0 aliphatic heterocycles. The maximum Gasteiger partial charge on any atom is 0.322 e. The Bertz CT molecular complexity index is 385. The van der Waals surface area contributed by atoms with E-state index in [-0.39, 0.29) is 12.5 Å². The number of hydrogen-bond acceptors (Lipinski definition) is 4. The lowest BCUT2D eigenvalue weighted by atomic mass is 10.3. The normalized spacial score (nSPS) is 11.2. The highest BCUT2D eigenvalue weighted by molar-refractivity contribution is 5.89. The highest BCUT2D eigenvalue weighted by Gasteiger charge is 2.18. The van der Waals surface area contributed by atoms with Crippen molar-refractivity contribution in [1.29, 1.82) is 0 Å². The molecule has 0 saturated heterocycles. The number of nitrogens with one attached hydrogen (secondary N) is 3. The lowest BCUT2D eigenvalue weighted by molar-refractivity contribution is -0.137. The van der Waals surface area contributed by atoms with Crippen LogP contribution in [0.5, 0.6) is 0 Å². The Morgan fingerprint density at radius 1 is 1.15 bits per heavy atom. The molecule has 0 rings (SSSR count). The molecule has 1 atom stereocenters. The number of nitrogens with zero attached hydrogens (tertiary/aromatic N) is 1. The van der Waals surface area contributed by atoms with Crippen LogP contribution in [0.4, 0.5) is 4.79 Å². The average molecular weight is 288 g/mol. The number of hydrogen-bond donors (Lipinski definition) is 4. The zero-order valence-electron chi connectivity index (χ0n) is 11.7. The van der Waals surface area contributed by atoms with Crippen molar-refractivity contribution < 1.29 is 24.3 Å². The summed E-state index contributed by atoms with van der Waals surface area (Å²) in [7, 11) is 1.61. The first-order valence-electron chi connectivity index (χ1n) is 6.05. The highest BCUT2D eigenvalue weighted by Crippen LogP contribution is 1.91. The molecule has 0 saturated carbocycles. The van der Waals surface area contributed by atoms with Crippen LogP contribution in [0.3, 0.4) is 0 Å². The zero-order chi connectivity index (χ0) is 15.7. The third kappa shape index (κ3) is 7.19. The van der Waals surface area contributed by atoms with Gasteiger partial charge < -0.3 is 26.0 Å². The Balaban J connectivity index is 4.02. The summed E-state index contributed by atoms with van der Waals surface area (Å²) < 4.78 is 0. The minimum absolute atomic E-state index is 0.252. The topological polar surface area (TPSA) is 128 Å². The number of amides is 4. The number of aliphatic carboxylic acids is 1. The summed E-state index contributed by atoms with van der Waals surface area (Å²) in [4.78, 5) is 45.9. The largest absolute Gasteiger partial charge is 0.480 e. The second-order valence-corrected chi connectivity index (χ2v) is 4.07. The van der Waals surface area contributed by atoms with E-state index in [0.717, 1.165) is 0 Å². The van der Waals surface area contributed by atoms with Crippen molar-refractivity contribution in [3.05, 3.63) is 0 Å². The zero-order valence-corrected chi connectivity index (χ0v) is 11.7. The minimum Gasteiger partial charge on any atom is -0.480 e. The number of carbonyl (C=O) groups excluding carboxylic acids is 3. The molecule has 20 heavy (non-hydrogen) atoms. The van der Waals surface area contributed by atoms with Crippen molar-refractivity contribution in [2.75, 3.05) is 26.7 Å². The number of likely N-dealkylation sites (N-methyl/N-ethyl adjacent to an activating group) is 1. The highest BCUT2D eigenvalue weighted by atomic mass is 16.4. The molecule has 1 unspecified atom stereocenters. The molecular formula is C11H20N4O5. The van der Waals surface area contributed by atoms with Crippen molar-refractivity contribution in [2.45, 2.75) is 19.9 Å². The number of carboxylic acid groups (broad SMARTS) is 1. The van der Waals surface area contributed by atoms with E-state index in [4.69, 9.17) is 5.11 Å². The van der Waals surface area contributed by atoms with Crippen LogP contribution < -0.4 is 16.0 Å². The maximum absolute atomic E-state index is 11.7. The molecule has 0 heterocycles. The molecule has 4 amide bonds. The van der Waals surface area contributed by atoms with Crippen LogP contribution in [-0.2, 0) is 14.4 Å². The van der Waals surface area contributed by atoms with Gasteiger partial charge in [-0.05, 0) is 13.8 Å². The predicted octanol–water partition coefficient (Wildman–Crippen LogP) is -1.65. The SMILES string of the molecule is CCN(C)C(=O)C(C)NC(=O)NCC(=O)NCC(=O)O. The Hall–Kier alpha value is -2.32. The number of carboxylic acids is 1. The molecule has 9 heteroatoms. The molecule has 0 aromatic carbocycles. The van der Waals surface area contributed by atoms with Gasteiger partial charge in [0.25, 0.3) is 0 Å². The molecule has 4 N–H and O–H groups in total. The fraction of sp³-hybridized carbons (Fsp3) is 0.636. The molecule has 0 aliphatic carbocycles. The monoisotopic (exact) mass is 288 g/mol. The number of rotatable bonds is 7. The van der Waals surface area contributed by atoms with Crippen molar-refractivity contribution in [3.63, 3.8) is 0 Å². The smallest absolute Gasteiger partial charge is 0.322 e. The van der Waals surface area contributed by atoms with E-state index in [0.29, 0.717) is 6.54 Å². The first-order valence-corrected chi connectivity index (χ1v) is 6.05. The average Bonchev–Trinajstić information content (AvgIpc) is 2.40. The summed E-state index contributed by atoms with van der Waals surface area (Å²) in [6, 6.07) is -1.40.